The van der Waals surface area contributed by atoms with Crippen LogP contribution >= 0.6 is 0 Å². The van der Waals surface area contributed by atoms with Gasteiger partial charge >= 0.3 is 6.18 Å². The highest BCUT2D eigenvalue weighted by Gasteiger charge is 2.33. The van der Waals surface area contributed by atoms with Crippen molar-refractivity contribution < 1.29 is 13.2 Å². The van der Waals surface area contributed by atoms with Crippen molar-refractivity contribution in [3.05, 3.63) is 18.2 Å². The van der Waals surface area contributed by atoms with Crippen molar-refractivity contribution in [2.24, 2.45) is 7.05 Å². The first kappa shape index (κ1) is 7.11. The zero-order valence-electron chi connectivity index (χ0n) is 5.11. The molecule has 0 saturated heterocycles. The molecule has 0 aliphatic heterocycles. The fourth-order valence-electron chi connectivity index (χ4n) is 0.510. The largest absolute Gasteiger partial charge is 0.434 e. The van der Waals surface area contributed by atoms with Crippen molar-refractivity contribution in [2.75, 3.05) is 0 Å². The van der Waals surface area contributed by atoms with Crippen LogP contribution in [0.1, 0.15) is 5.69 Å². The highest BCUT2D eigenvalue weighted by molar-refractivity contribution is 4.99. The Kier molecular flexibility index (Phi) is 1.42. The monoisotopic (exact) mass is 149 g/mol. The SMILES string of the molecule is Cn1[c]nc(C(F)(F)F)c1. The molecule has 0 aromatic carbocycles. The normalized spacial score (nSPS) is 12.0. The quantitative estimate of drug-likeness (QED) is 0.542. The maximum Gasteiger partial charge on any atom is 0.434 e. The van der Waals surface area contributed by atoms with Crippen LogP contribution in [0.5, 0.6) is 0 Å². The van der Waals surface area contributed by atoms with Gasteiger partial charge in [-0.2, -0.15) is 13.2 Å². The number of aryl methyl sites for hydroxylation is 1. The van der Waals surface area contributed by atoms with Crippen molar-refractivity contribution in [3.63, 3.8) is 0 Å². The molecule has 0 amide bonds. The van der Waals surface area contributed by atoms with Crippen LogP contribution in [0, 0.1) is 6.33 Å². The summed E-state index contributed by atoms with van der Waals surface area (Å²) in [5, 5.41) is 0. The van der Waals surface area contributed by atoms with Crippen LogP contribution in [0.25, 0.3) is 0 Å². The Labute approximate surface area is 55.3 Å². The summed E-state index contributed by atoms with van der Waals surface area (Å²) in [6.07, 6.45) is -1.35. The summed E-state index contributed by atoms with van der Waals surface area (Å²) in [6.45, 7) is 0. The lowest BCUT2D eigenvalue weighted by Crippen LogP contribution is -2.04. The molecular formula is C5H4F3N2. The number of aromatic nitrogens is 2. The number of alkyl halides is 3. The summed E-state index contributed by atoms with van der Waals surface area (Å²) in [5.41, 5.74) is -0.907. The van der Waals surface area contributed by atoms with Gasteiger partial charge in [0.1, 0.15) is 0 Å². The molecule has 0 N–H and O–H groups in total. The van der Waals surface area contributed by atoms with Crippen LogP contribution in [0.3, 0.4) is 0 Å². The summed E-state index contributed by atoms with van der Waals surface area (Å²) in [7, 11) is 1.43. The second-order valence-electron chi connectivity index (χ2n) is 1.83. The maximum atomic E-state index is 11.7. The molecule has 1 aromatic heterocycles. The van der Waals surface area contributed by atoms with Crippen LogP contribution in [0.15, 0.2) is 6.20 Å². The van der Waals surface area contributed by atoms with Crippen LogP contribution in [0.4, 0.5) is 13.2 Å². The number of hydrogen-bond acceptors (Lipinski definition) is 1. The highest BCUT2D eigenvalue weighted by atomic mass is 19.4. The molecule has 0 fully saturated rings. The maximum absolute atomic E-state index is 11.7. The van der Waals surface area contributed by atoms with E-state index in [-0.39, 0.29) is 0 Å². The van der Waals surface area contributed by atoms with E-state index in [9.17, 15) is 13.2 Å². The lowest BCUT2D eigenvalue weighted by Gasteiger charge is -1.98. The van der Waals surface area contributed by atoms with E-state index in [1.54, 1.807) is 0 Å². The predicted octanol–water partition coefficient (Wildman–Crippen LogP) is 1.24. The van der Waals surface area contributed by atoms with Crippen molar-refractivity contribution in [3.8, 4) is 0 Å². The summed E-state index contributed by atoms with van der Waals surface area (Å²) >= 11 is 0. The summed E-state index contributed by atoms with van der Waals surface area (Å²) in [4.78, 5) is 3.00. The first-order valence-electron chi connectivity index (χ1n) is 2.48. The van der Waals surface area contributed by atoms with E-state index in [2.05, 4.69) is 11.3 Å². The summed E-state index contributed by atoms with van der Waals surface area (Å²) in [5.74, 6) is 0. The molecule has 1 aromatic rings. The Bertz CT molecular complexity index is 225. The van der Waals surface area contributed by atoms with E-state index < -0.39 is 11.9 Å². The third-order valence-electron chi connectivity index (χ3n) is 0.935. The Balaban J connectivity index is 2.96. The topological polar surface area (TPSA) is 17.8 Å². The summed E-state index contributed by atoms with van der Waals surface area (Å²) in [6, 6.07) is 0. The molecular weight excluding hydrogens is 145 g/mol. The Morgan fingerprint density at radius 1 is 1.60 bits per heavy atom. The highest BCUT2D eigenvalue weighted by Crippen LogP contribution is 2.26. The van der Waals surface area contributed by atoms with Gasteiger partial charge in [0.15, 0.2) is 12.0 Å². The second-order valence-corrected chi connectivity index (χ2v) is 1.83. The predicted molar refractivity (Wildman–Crippen MR) is 27.0 cm³/mol. The Morgan fingerprint density at radius 3 is 2.40 bits per heavy atom. The van der Waals surface area contributed by atoms with Crippen molar-refractivity contribution >= 4 is 0 Å². The molecule has 0 atom stereocenters. The Morgan fingerprint density at radius 2 is 2.20 bits per heavy atom. The van der Waals surface area contributed by atoms with Gasteiger partial charge in [0.25, 0.3) is 0 Å². The number of imidazole rings is 1. The molecule has 0 aliphatic carbocycles. The summed E-state index contributed by atoms with van der Waals surface area (Å²) < 4.78 is 36.2. The van der Waals surface area contributed by atoms with Crippen molar-refractivity contribution in [2.45, 2.75) is 6.18 Å². The van der Waals surface area contributed by atoms with Gasteiger partial charge in [-0.05, 0) is 0 Å². The Hall–Kier alpha value is -1.00. The van der Waals surface area contributed by atoms with E-state index in [1.165, 1.54) is 7.05 Å². The molecule has 1 radical (unpaired) electrons. The number of nitrogens with zero attached hydrogens (tertiary/aromatic N) is 2. The van der Waals surface area contributed by atoms with E-state index >= 15 is 0 Å². The molecule has 5 heteroatoms. The van der Waals surface area contributed by atoms with Gasteiger partial charge in [0.2, 0.25) is 0 Å². The molecule has 55 valence electrons. The van der Waals surface area contributed by atoms with Gasteiger partial charge in [-0.1, -0.05) is 0 Å². The average molecular weight is 149 g/mol. The minimum Gasteiger partial charge on any atom is -0.331 e. The zero-order valence-corrected chi connectivity index (χ0v) is 5.11. The number of rotatable bonds is 0. The van der Waals surface area contributed by atoms with Gasteiger partial charge in [-0.25, -0.2) is 4.98 Å². The van der Waals surface area contributed by atoms with Gasteiger partial charge in [0, 0.05) is 13.2 Å². The first-order valence-corrected chi connectivity index (χ1v) is 2.48. The molecule has 0 aliphatic rings. The van der Waals surface area contributed by atoms with E-state index in [0.717, 1.165) is 10.8 Å². The van der Waals surface area contributed by atoms with Crippen molar-refractivity contribution in [1.82, 2.24) is 9.55 Å². The van der Waals surface area contributed by atoms with Gasteiger partial charge in [-0.3, -0.25) is 0 Å². The van der Waals surface area contributed by atoms with E-state index in [1.807, 2.05) is 0 Å². The fourth-order valence-corrected chi connectivity index (χ4v) is 0.510. The molecule has 0 bridgehead atoms. The van der Waals surface area contributed by atoms with Crippen LogP contribution in [-0.4, -0.2) is 9.55 Å². The molecule has 2 nitrogen and oxygen atoms in total. The third kappa shape index (κ3) is 1.29. The van der Waals surface area contributed by atoms with Gasteiger partial charge in [0.05, 0.1) is 0 Å². The van der Waals surface area contributed by atoms with Crippen LogP contribution in [0.2, 0.25) is 0 Å². The van der Waals surface area contributed by atoms with Crippen LogP contribution in [-0.2, 0) is 13.2 Å². The molecule has 0 spiro atoms. The number of halogens is 3. The minimum atomic E-state index is -4.35. The molecule has 1 heterocycles. The van der Waals surface area contributed by atoms with E-state index in [4.69, 9.17) is 0 Å². The van der Waals surface area contributed by atoms with Gasteiger partial charge < -0.3 is 4.57 Å². The smallest absolute Gasteiger partial charge is 0.331 e. The van der Waals surface area contributed by atoms with Crippen LogP contribution < -0.4 is 0 Å². The average Bonchev–Trinajstić information content (AvgIpc) is 2.11. The lowest BCUT2D eigenvalue weighted by molar-refractivity contribution is -0.140. The van der Waals surface area contributed by atoms with Gasteiger partial charge in [-0.15, -0.1) is 0 Å². The number of hydrogen-bond donors (Lipinski definition) is 0. The van der Waals surface area contributed by atoms with E-state index in [0.29, 0.717) is 0 Å². The third-order valence-corrected chi connectivity index (χ3v) is 0.935. The lowest BCUT2D eigenvalue weighted by atomic mass is 10.5. The zero-order chi connectivity index (χ0) is 7.78. The molecule has 0 unspecified atom stereocenters. The second kappa shape index (κ2) is 2.00. The first-order chi connectivity index (χ1) is 4.50. The molecule has 10 heavy (non-hydrogen) atoms. The minimum absolute atomic E-state index is 0.875. The standard InChI is InChI=1S/C5H4F3N2/c1-10-2-4(9-3-10)5(6,7)8/h2H,1H3. The van der Waals surface area contributed by atoms with Crippen molar-refractivity contribution in [1.29, 1.82) is 0 Å². The fraction of sp³-hybridized carbons (Fsp3) is 0.400. The molecule has 0 saturated carbocycles. The molecule has 1 rings (SSSR count).